The molecule has 1 aromatic carbocycles. The molecule has 0 atom stereocenters. The zero-order chi connectivity index (χ0) is 15.5. The van der Waals surface area contributed by atoms with Crippen LogP contribution in [0.5, 0.6) is 5.95 Å². The molecule has 0 aliphatic rings. The van der Waals surface area contributed by atoms with Crippen molar-refractivity contribution in [2.24, 2.45) is 4.99 Å². The van der Waals surface area contributed by atoms with Crippen molar-refractivity contribution in [2.45, 2.75) is 6.92 Å². The Morgan fingerprint density at radius 2 is 1.95 bits per heavy atom. The van der Waals surface area contributed by atoms with Gasteiger partial charge in [0.05, 0.1) is 6.21 Å². The zero-order valence-corrected chi connectivity index (χ0v) is 13.3. The van der Waals surface area contributed by atoms with E-state index in [9.17, 15) is 5.11 Å². The fourth-order valence-electron chi connectivity index (χ4n) is 1.80. The van der Waals surface area contributed by atoms with Crippen LogP contribution >= 0.6 is 15.9 Å². The van der Waals surface area contributed by atoms with Crippen molar-refractivity contribution in [3.8, 4) is 17.4 Å². The van der Waals surface area contributed by atoms with E-state index in [1.807, 2.05) is 37.3 Å². The van der Waals surface area contributed by atoms with E-state index in [1.165, 1.54) is 6.21 Å². The quantitative estimate of drug-likeness (QED) is 0.710. The van der Waals surface area contributed by atoms with Crippen molar-refractivity contribution < 1.29 is 9.52 Å². The van der Waals surface area contributed by atoms with Crippen molar-refractivity contribution in [3.05, 3.63) is 58.3 Å². The summed E-state index contributed by atoms with van der Waals surface area (Å²) >= 11 is 3.31. The topological polar surface area (TPSA) is 71.5 Å². The largest absolute Gasteiger partial charge is 0.479 e. The van der Waals surface area contributed by atoms with E-state index < -0.39 is 0 Å². The van der Waals surface area contributed by atoms with Gasteiger partial charge in [-0.3, -0.25) is 0 Å². The molecule has 2 heterocycles. The standard InChI is InChI=1S/C16H12BrN3O2/c1-10-2-4-11(5-3-10)15-20-13(16(21)22-15)9-19-14-7-6-12(17)8-18-14/h2-9,21H,1H3. The maximum atomic E-state index is 9.82. The molecule has 0 fully saturated rings. The predicted octanol–water partition coefficient (Wildman–Crippen LogP) is 4.26. The van der Waals surface area contributed by atoms with Gasteiger partial charge in [0.15, 0.2) is 11.5 Å². The molecule has 6 heteroatoms. The SMILES string of the molecule is Cc1ccc(-c2nc(C=Nc3ccc(Br)cn3)c(O)o2)cc1. The highest BCUT2D eigenvalue weighted by molar-refractivity contribution is 9.10. The summed E-state index contributed by atoms with van der Waals surface area (Å²) in [6.45, 7) is 2.00. The molecule has 0 amide bonds. The van der Waals surface area contributed by atoms with Crippen LogP contribution in [0.2, 0.25) is 0 Å². The smallest absolute Gasteiger partial charge is 0.312 e. The molecule has 3 aromatic rings. The molecule has 3 rings (SSSR count). The molecule has 0 bridgehead atoms. The van der Waals surface area contributed by atoms with E-state index in [0.29, 0.717) is 11.7 Å². The van der Waals surface area contributed by atoms with Gasteiger partial charge < -0.3 is 9.52 Å². The molecule has 2 aromatic heterocycles. The van der Waals surface area contributed by atoms with Gasteiger partial charge in [-0.2, -0.15) is 0 Å². The summed E-state index contributed by atoms with van der Waals surface area (Å²) in [5, 5.41) is 9.82. The van der Waals surface area contributed by atoms with Crippen molar-refractivity contribution in [3.63, 3.8) is 0 Å². The normalized spacial score (nSPS) is 11.2. The van der Waals surface area contributed by atoms with E-state index in [2.05, 4.69) is 30.9 Å². The van der Waals surface area contributed by atoms with Crippen LogP contribution in [-0.2, 0) is 0 Å². The maximum absolute atomic E-state index is 9.82. The van der Waals surface area contributed by atoms with Crippen molar-refractivity contribution in [1.82, 2.24) is 9.97 Å². The number of aryl methyl sites for hydroxylation is 1. The fourth-order valence-corrected chi connectivity index (χ4v) is 2.03. The highest BCUT2D eigenvalue weighted by Crippen LogP contribution is 2.26. The van der Waals surface area contributed by atoms with E-state index in [4.69, 9.17) is 4.42 Å². The van der Waals surface area contributed by atoms with Crippen LogP contribution in [0, 0.1) is 6.92 Å². The third-order valence-electron chi connectivity index (χ3n) is 2.96. The number of rotatable bonds is 3. The van der Waals surface area contributed by atoms with Gasteiger partial charge in [-0.1, -0.05) is 17.7 Å². The summed E-state index contributed by atoms with van der Waals surface area (Å²) in [7, 11) is 0. The molecule has 110 valence electrons. The molecule has 0 aliphatic heterocycles. The molecular weight excluding hydrogens is 346 g/mol. The lowest BCUT2D eigenvalue weighted by Gasteiger charge is -1.95. The number of oxazole rings is 1. The van der Waals surface area contributed by atoms with Crippen LogP contribution in [0.25, 0.3) is 11.5 Å². The van der Waals surface area contributed by atoms with Gasteiger partial charge in [0, 0.05) is 16.2 Å². The van der Waals surface area contributed by atoms with E-state index in [0.717, 1.165) is 15.6 Å². The molecule has 22 heavy (non-hydrogen) atoms. The van der Waals surface area contributed by atoms with Crippen LogP contribution in [0.3, 0.4) is 0 Å². The number of pyridine rings is 1. The first-order valence-corrected chi connectivity index (χ1v) is 7.33. The van der Waals surface area contributed by atoms with E-state index in [-0.39, 0.29) is 11.6 Å². The van der Waals surface area contributed by atoms with Crippen LogP contribution < -0.4 is 0 Å². The summed E-state index contributed by atoms with van der Waals surface area (Å²) < 4.78 is 6.15. The van der Waals surface area contributed by atoms with Crippen molar-refractivity contribution in [1.29, 1.82) is 0 Å². The highest BCUT2D eigenvalue weighted by atomic mass is 79.9. The lowest BCUT2D eigenvalue weighted by atomic mass is 10.1. The van der Waals surface area contributed by atoms with E-state index in [1.54, 1.807) is 12.3 Å². The molecule has 5 nitrogen and oxygen atoms in total. The number of aromatic nitrogens is 2. The van der Waals surface area contributed by atoms with Gasteiger partial charge in [0.2, 0.25) is 5.89 Å². The minimum absolute atomic E-state index is 0.264. The number of nitrogens with zero attached hydrogens (tertiary/aromatic N) is 3. The fraction of sp³-hybridized carbons (Fsp3) is 0.0625. The Kier molecular flexibility index (Phi) is 4.02. The van der Waals surface area contributed by atoms with Gasteiger partial charge in [-0.05, 0) is 47.1 Å². The summed E-state index contributed by atoms with van der Waals surface area (Å²) in [6, 6.07) is 11.3. The maximum Gasteiger partial charge on any atom is 0.312 e. The number of aromatic hydroxyl groups is 1. The third-order valence-corrected chi connectivity index (χ3v) is 3.43. The zero-order valence-electron chi connectivity index (χ0n) is 11.7. The van der Waals surface area contributed by atoms with Crippen LogP contribution in [0.1, 0.15) is 11.3 Å². The Hall–Kier alpha value is -2.47. The molecule has 0 aliphatic carbocycles. The number of aliphatic imine (C=N–C) groups is 1. The minimum Gasteiger partial charge on any atom is -0.479 e. The first-order valence-electron chi connectivity index (χ1n) is 6.54. The van der Waals surface area contributed by atoms with Gasteiger partial charge in [0.25, 0.3) is 0 Å². The summed E-state index contributed by atoms with van der Waals surface area (Å²) in [6.07, 6.45) is 3.07. The Balaban J connectivity index is 1.86. The molecule has 0 spiro atoms. The van der Waals surface area contributed by atoms with Crippen LogP contribution in [-0.4, -0.2) is 21.3 Å². The molecule has 0 radical (unpaired) electrons. The summed E-state index contributed by atoms with van der Waals surface area (Å²) in [5.41, 5.74) is 2.20. The summed E-state index contributed by atoms with van der Waals surface area (Å²) in [5.74, 6) is 0.599. The second kappa shape index (κ2) is 6.11. The second-order valence-corrected chi connectivity index (χ2v) is 5.58. The molecule has 0 saturated carbocycles. The lowest BCUT2D eigenvalue weighted by Crippen LogP contribution is -1.83. The monoisotopic (exact) mass is 357 g/mol. The lowest BCUT2D eigenvalue weighted by molar-refractivity contribution is 0.337. The molecule has 0 saturated heterocycles. The van der Waals surface area contributed by atoms with Crippen molar-refractivity contribution in [2.75, 3.05) is 0 Å². The van der Waals surface area contributed by atoms with Gasteiger partial charge in [-0.25, -0.2) is 15.0 Å². The highest BCUT2D eigenvalue weighted by Gasteiger charge is 2.12. The van der Waals surface area contributed by atoms with Gasteiger partial charge in [0.1, 0.15) is 0 Å². The van der Waals surface area contributed by atoms with E-state index >= 15 is 0 Å². The molecule has 1 N–H and O–H groups in total. The second-order valence-electron chi connectivity index (χ2n) is 4.67. The molecular formula is C16H12BrN3O2. The van der Waals surface area contributed by atoms with Crippen LogP contribution in [0.4, 0.5) is 5.82 Å². The number of benzene rings is 1. The first kappa shape index (κ1) is 14.5. The average Bonchev–Trinajstić information content (AvgIpc) is 2.88. The third kappa shape index (κ3) is 3.23. The Bertz CT molecular complexity index is 808. The molecule has 0 unspecified atom stereocenters. The average molecular weight is 358 g/mol. The van der Waals surface area contributed by atoms with Crippen LogP contribution in [0.15, 0.2) is 56.5 Å². The van der Waals surface area contributed by atoms with Gasteiger partial charge in [-0.15, -0.1) is 0 Å². The minimum atomic E-state index is -0.267. The number of hydrogen-bond donors (Lipinski definition) is 1. The van der Waals surface area contributed by atoms with Crippen molar-refractivity contribution >= 4 is 28.0 Å². The number of halogens is 1. The first-order chi connectivity index (χ1) is 10.6. The number of hydrogen-bond acceptors (Lipinski definition) is 5. The Labute approximate surface area is 135 Å². The van der Waals surface area contributed by atoms with Gasteiger partial charge >= 0.3 is 5.95 Å². The predicted molar refractivity (Wildman–Crippen MR) is 87.5 cm³/mol. The Morgan fingerprint density at radius 3 is 2.64 bits per heavy atom. The summed E-state index contributed by atoms with van der Waals surface area (Å²) in [4.78, 5) is 12.5. The Morgan fingerprint density at radius 1 is 1.18 bits per heavy atom.